The highest BCUT2D eigenvalue weighted by Crippen LogP contribution is 2.13. The first-order valence-electron chi connectivity index (χ1n) is 6.95. The third kappa shape index (κ3) is 4.61. The van der Waals surface area contributed by atoms with E-state index in [1.165, 1.54) is 12.1 Å². The Balaban J connectivity index is 1.92. The van der Waals surface area contributed by atoms with Gasteiger partial charge in [0.15, 0.2) is 0 Å². The van der Waals surface area contributed by atoms with Crippen LogP contribution in [0.1, 0.15) is 11.1 Å². The molecule has 0 aliphatic carbocycles. The van der Waals surface area contributed by atoms with Crippen molar-refractivity contribution in [2.75, 3.05) is 6.54 Å². The second kappa shape index (κ2) is 7.34. The molecule has 0 saturated carbocycles. The van der Waals surface area contributed by atoms with Crippen molar-refractivity contribution in [2.45, 2.75) is 18.4 Å². The van der Waals surface area contributed by atoms with Gasteiger partial charge in [-0.1, -0.05) is 36.4 Å². The molecule has 0 radical (unpaired) electrons. The van der Waals surface area contributed by atoms with Gasteiger partial charge in [0, 0.05) is 12.1 Å². The number of rotatable bonds is 6. The predicted molar refractivity (Wildman–Crippen MR) is 84.6 cm³/mol. The number of halogens is 1. The number of carbonyl (C=O) groups is 1. The lowest BCUT2D eigenvalue weighted by Crippen LogP contribution is -2.36. The van der Waals surface area contributed by atoms with Crippen LogP contribution < -0.4 is 10.0 Å². The maximum Gasteiger partial charge on any atom is 0.241 e. The van der Waals surface area contributed by atoms with Crippen molar-refractivity contribution < 1.29 is 17.6 Å². The molecular formula is C16H17FN2O3S. The van der Waals surface area contributed by atoms with Crippen LogP contribution in [-0.2, 0) is 21.4 Å². The van der Waals surface area contributed by atoms with Crippen LogP contribution in [0.25, 0.3) is 0 Å². The fourth-order valence-corrected chi connectivity index (χ4v) is 3.22. The Morgan fingerprint density at radius 1 is 1.09 bits per heavy atom. The van der Waals surface area contributed by atoms with Gasteiger partial charge < -0.3 is 5.32 Å². The zero-order chi connectivity index (χ0) is 16.9. The fourth-order valence-electron chi connectivity index (χ4n) is 1.99. The van der Waals surface area contributed by atoms with Crippen molar-refractivity contribution in [1.29, 1.82) is 0 Å². The molecule has 0 unspecified atom stereocenters. The van der Waals surface area contributed by atoms with E-state index in [1.54, 1.807) is 43.3 Å². The average molecular weight is 336 g/mol. The van der Waals surface area contributed by atoms with Crippen LogP contribution in [0.3, 0.4) is 0 Å². The van der Waals surface area contributed by atoms with E-state index in [4.69, 9.17) is 0 Å². The molecule has 0 spiro atoms. The Morgan fingerprint density at radius 3 is 2.43 bits per heavy atom. The van der Waals surface area contributed by atoms with Gasteiger partial charge in [-0.05, 0) is 24.6 Å². The second-order valence-corrected chi connectivity index (χ2v) is 6.69. The molecule has 0 aliphatic heterocycles. The maximum atomic E-state index is 13.4. The summed E-state index contributed by atoms with van der Waals surface area (Å²) in [7, 11) is -3.76. The van der Waals surface area contributed by atoms with Gasteiger partial charge in [0.05, 0.1) is 11.4 Å². The van der Waals surface area contributed by atoms with E-state index in [-0.39, 0.29) is 11.4 Å². The lowest BCUT2D eigenvalue weighted by Gasteiger charge is -2.10. The number of benzene rings is 2. The number of amides is 1. The molecule has 0 atom stereocenters. The molecule has 2 aromatic carbocycles. The summed E-state index contributed by atoms with van der Waals surface area (Å²) in [5.41, 5.74) is 0.925. The molecule has 2 aromatic rings. The van der Waals surface area contributed by atoms with E-state index in [0.29, 0.717) is 11.1 Å². The van der Waals surface area contributed by atoms with Crippen molar-refractivity contribution in [2.24, 2.45) is 0 Å². The molecule has 0 aromatic heterocycles. The quantitative estimate of drug-likeness (QED) is 0.843. The summed E-state index contributed by atoms with van der Waals surface area (Å²) in [6, 6.07) is 12.5. The van der Waals surface area contributed by atoms with E-state index in [2.05, 4.69) is 10.0 Å². The number of hydrogen-bond acceptors (Lipinski definition) is 3. The standard InChI is InChI=1S/C16H17FN2O3S/c1-12-6-2-5-9-15(12)23(21,22)19-11-16(20)18-10-13-7-3-4-8-14(13)17/h2-9,19H,10-11H2,1H3,(H,18,20). The Kier molecular flexibility index (Phi) is 5.46. The van der Waals surface area contributed by atoms with Gasteiger partial charge in [-0.25, -0.2) is 17.5 Å². The summed E-state index contributed by atoms with van der Waals surface area (Å²) >= 11 is 0. The predicted octanol–water partition coefficient (Wildman–Crippen LogP) is 1.73. The minimum absolute atomic E-state index is 0.00238. The molecular weight excluding hydrogens is 319 g/mol. The van der Waals surface area contributed by atoms with E-state index >= 15 is 0 Å². The molecule has 0 aliphatic rings. The first kappa shape index (κ1) is 17.1. The van der Waals surface area contributed by atoms with Crippen molar-refractivity contribution >= 4 is 15.9 Å². The number of sulfonamides is 1. The van der Waals surface area contributed by atoms with Gasteiger partial charge in [0.1, 0.15) is 5.82 Å². The van der Waals surface area contributed by atoms with Crippen LogP contribution in [0.2, 0.25) is 0 Å². The lowest BCUT2D eigenvalue weighted by molar-refractivity contribution is -0.120. The number of hydrogen-bond donors (Lipinski definition) is 2. The van der Waals surface area contributed by atoms with E-state index in [9.17, 15) is 17.6 Å². The SMILES string of the molecule is Cc1ccccc1S(=O)(=O)NCC(=O)NCc1ccccc1F. The number of carbonyl (C=O) groups excluding carboxylic acids is 1. The average Bonchev–Trinajstić information content (AvgIpc) is 2.52. The van der Waals surface area contributed by atoms with Crippen LogP contribution in [0, 0.1) is 12.7 Å². The molecule has 7 heteroatoms. The zero-order valence-corrected chi connectivity index (χ0v) is 13.4. The molecule has 5 nitrogen and oxygen atoms in total. The summed E-state index contributed by atoms with van der Waals surface area (Å²) in [4.78, 5) is 11.9. The Hall–Kier alpha value is -2.25. The van der Waals surface area contributed by atoms with Crippen molar-refractivity contribution in [3.8, 4) is 0 Å². The zero-order valence-electron chi connectivity index (χ0n) is 12.5. The van der Waals surface area contributed by atoms with Gasteiger partial charge in [-0.15, -0.1) is 0 Å². The normalized spacial score (nSPS) is 11.2. The first-order valence-corrected chi connectivity index (χ1v) is 8.44. The Bertz CT molecular complexity index is 806. The van der Waals surface area contributed by atoms with Crippen molar-refractivity contribution in [1.82, 2.24) is 10.0 Å². The summed E-state index contributed by atoms with van der Waals surface area (Å²) in [6.45, 7) is 1.26. The highest BCUT2D eigenvalue weighted by atomic mass is 32.2. The summed E-state index contributed by atoms with van der Waals surface area (Å²) in [5.74, 6) is -0.960. The Labute approximate surface area is 134 Å². The summed E-state index contributed by atoms with van der Waals surface area (Å²) in [5, 5.41) is 2.47. The highest BCUT2D eigenvalue weighted by Gasteiger charge is 2.17. The van der Waals surface area contributed by atoms with Gasteiger partial charge in [-0.3, -0.25) is 4.79 Å². The number of aryl methyl sites for hydroxylation is 1. The monoisotopic (exact) mass is 336 g/mol. The van der Waals surface area contributed by atoms with Crippen molar-refractivity contribution in [3.05, 3.63) is 65.5 Å². The van der Waals surface area contributed by atoms with Gasteiger partial charge in [0.25, 0.3) is 0 Å². The largest absolute Gasteiger partial charge is 0.351 e. The third-order valence-corrected chi connectivity index (χ3v) is 4.80. The highest BCUT2D eigenvalue weighted by molar-refractivity contribution is 7.89. The van der Waals surface area contributed by atoms with Crippen LogP contribution in [0.15, 0.2) is 53.4 Å². The molecule has 0 bridgehead atoms. The Morgan fingerprint density at radius 2 is 1.74 bits per heavy atom. The minimum Gasteiger partial charge on any atom is -0.351 e. The van der Waals surface area contributed by atoms with Gasteiger partial charge in [0.2, 0.25) is 15.9 Å². The lowest BCUT2D eigenvalue weighted by atomic mass is 10.2. The number of nitrogens with one attached hydrogen (secondary N) is 2. The molecule has 0 fully saturated rings. The van der Waals surface area contributed by atoms with Crippen molar-refractivity contribution in [3.63, 3.8) is 0 Å². The van der Waals surface area contributed by atoms with Crippen LogP contribution in [0.4, 0.5) is 4.39 Å². The molecule has 1 amide bonds. The van der Waals surface area contributed by atoms with Gasteiger partial charge in [-0.2, -0.15) is 0 Å². The van der Waals surface area contributed by atoms with Gasteiger partial charge >= 0.3 is 0 Å². The fraction of sp³-hybridized carbons (Fsp3) is 0.188. The second-order valence-electron chi connectivity index (χ2n) is 4.96. The molecule has 2 rings (SSSR count). The third-order valence-electron chi connectivity index (χ3n) is 3.24. The van der Waals surface area contributed by atoms with E-state index in [1.807, 2.05) is 0 Å². The molecule has 2 N–H and O–H groups in total. The molecule has 0 heterocycles. The summed E-state index contributed by atoms with van der Waals surface area (Å²) < 4.78 is 39.9. The molecule has 0 saturated heterocycles. The van der Waals surface area contributed by atoms with E-state index in [0.717, 1.165) is 0 Å². The first-order chi connectivity index (χ1) is 10.9. The molecule has 122 valence electrons. The van der Waals surface area contributed by atoms with Crippen LogP contribution in [-0.4, -0.2) is 20.9 Å². The topological polar surface area (TPSA) is 75.3 Å². The minimum atomic E-state index is -3.76. The smallest absolute Gasteiger partial charge is 0.241 e. The van der Waals surface area contributed by atoms with E-state index < -0.39 is 28.3 Å². The summed E-state index contributed by atoms with van der Waals surface area (Å²) in [6.07, 6.45) is 0. The molecule has 23 heavy (non-hydrogen) atoms. The maximum absolute atomic E-state index is 13.4. The van der Waals surface area contributed by atoms with Crippen LogP contribution in [0.5, 0.6) is 0 Å². The van der Waals surface area contributed by atoms with Crippen LogP contribution >= 0.6 is 0 Å².